The fourth-order valence-electron chi connectivity index (χ4n) is 6.70. The van der Waals surface area contributed by atoms with E-state index < -0.39 is 18.1 Å². The summed E-state index contributed by atoms with van der Waals surface area (Å²) < 4.78 is 0. The summed E-state index contributed by atoms with van der Waals surface area (Å²) >= 11 is 1.14. The smallest absolute Gasteiger partial charge is 0.202 e. The molecule has 2 aliphatic rings. The van der Waals surface area contributed by atoms with Gasteiger partial charge >= 0.3 is 0 Å². The SMILES string of the molecule is C/C(O)=C(/O)CO.C=C(O)/C(C)=C/Sc1cc(C2=c3ccccc3=C(c3cccc4cc(-c5ccccc5)ccc34)C3C=CC=CC23)c(O)c(O)c1O. The quantitative estimate of drug-likeness (QED) is 0.0382. The zero-order chi connectivity index (χ0) is 37.8. The average molecular weight is 725 g/mol. The molecule has 0 fully saturated rings. The summed E-state index contributed by atoms with van der Waals surface area (Å²) in [7, 11) is 0. The van der Waals surface area contributed by atoms with Crippen molar-refractivity contribution >= 4 is 33.7 Å². The van der Waals surface area contributed by atoms with Crippen LogP contribution >= 0.6 is 11.8 Å². The van der Waals surface area contributed by atoms with Gasteiger partial charge in [0.2, 0.25) is 5.75 Å². The molecule has 2 unspecified atom stereocenters. The van der Waals surface area contributed by atoms with Gasteiger partial charge in [-0.15, -0.1) is 0 Å². The fourth-order valence-corrected chi connectivity index (χ4v) is 7.54. The minimum Gasteiger partial charge on any atom is -0.509 e. The molecule has 5 aromatic carbocycles. The highest BCUT2D eigenvalue weighted by Crippen LogP contribution is 2.50. The van der Waals surface area contributed by atoms with Crippen LogP contribution in [0.1, 0.15) is 25.0 Å². The summed E-state index contributed by atoms with van der Waals surface area (Å²) in [4.78, 5) is 0.348. The van der Waals surface area contributed by atoms with E-state index in [9.17, 15) is 20.4 Å². The fraction of sp³-hybridized carbons (Fsp3) is 0.111. The first-order valence-corrected chi connectivity index (χ1v) is 17.8. The molecule has 0 saturated carbocycles. The third-order valence-electron chi connectivity index (χ3n) is 9.47. The molecule has 0 heterocycles. The van der Waals surface area contributed by atoms with E-state index in [-0.39, 0.29) is 34.9 Å². The lowest BCUT2D eigenvalue weighted by molar-refractivity contribution is 0.228. The number of aliphatic hydroxyl groups excluding tert-OH is 4. The number of fused-ring (bicyclic) bond motifs is 3. The number of aromatic hydroxyl groups is 3. The summed E-state index contributed by atoms with van der Waals surface area (Å²) in [5.41, 5.74) is 6.51. The van der Waals surface area contributed by atoms with Gasteiger partial charge in [0, 0.05) is 17.4 Å². The number of allylic oxidation sites excluding steroid dienone is 6. The molecule has 7 N–H and O–H groups in total. The average Bonchev–Trinajstić information content (AvgIpc) is 3.18. The van der Waals surface area contributed by atoms with Gasteiger partial charge in [0.15, 0.2) is 17.3 Å². The zero-order valence-corrected chi connectivity index (χ0v) is 30.0. The monoisotopic (exact) mass is 724 g/mol. The van der Waals surface area contributed by atoms with Crippen LogP contribution in [-0.2, 0) is 0 Å². The van der Waals surface area contributed by atoms with Crippen LogP contribution in [0.3, 0.4) is 0 Å². The molecule has 7 nitrogen and oxygen atoms in total. The molecule has 5 aromatic rings. The second-order valence-corrected chi connectivity index (χ2v) is 13.7. The van der Waals surface area contributed by atoms with E-state index >= 15 is 0 Å². The van der Waals surface area contributed by atoms with E-state index in [0.717, 1.165) is 49.7 Å². The number of hydrogen-bond donors (Lipinski definition) is 7. The lowest BCUT2D eigenvalue weighted by Crippen LogP contribution is -2.40. The van der Waals surface area contributed by atoms with Gasteiger partial charge in [-0.25, -0.2) is 0 Å². The van der Waals surface area contributed by atoms with Crippen LogP contribution in [0.4, 0.5) is 0 Å². The first-order valence-electron chi connectivity index (χ1n) is 17.0. The van der Waals surface area contributed by atoms with Gasteiger partial charge in [0.1, 0.15) is 18.1 Å². The molecule has 2 aliphatic carbocycles. The maximum atomic E-state index is 11.3. The van der Waals surface area contributed by atoms with E-state index in [0.29, 0.717) is 16.0 Å². The number of phenols is 3. The first kappa shape index (κ1) is 36.7. The van der Waals surface area contributed by atoms with Crippen molar-refractivity contribution in [3.8, 4) is 28.4 Å². The summed E-state index contributed by atoms with van der Waals surface area (Å²) in [6.07, 6.45) is 8.44. The predicted molar refractivity (Wildman–Crippen MR) is 213 cm³/mol. The highest BCUT2D eigenvalue weighted by atomic mass is 32.2. The summed E-state index contributed by atoms with van der Waals surface area (Å²) in [5.74, 6) is -2.27. The van der Waals surface area contributed by atoms with Crippen LogP contribution in [0.15, 0.2) is 161 Å². The Morgan fingerprint density at radius 2 is 1.30 bits per heavy atom. The molecule has 0 radical (unpaired) electrons. The Hall–Kier alpha value is -6.09. The van der Waals surface area contributed by atoms with Gasteiger partial charge in [0.05, 0.1) is 4.90 Å². The van der Waals surface area contributed by atoms with Crippen LogP contribution in [0, 0.1) is 11.8 Å². The van der Waals surface area contributed by atoms with Crippen molar-refractivity contribution in [2.24, 2.45) is 11.8 Å². The van der Waals surface area contributed by atoms with Crippen molar-refractivity contribution in [1.29, 1.82) is 0 Å². The van der Waals surface area contributed by atoms with Gasteiger partial charge in [-0.05, 0) is 86.0 Å². The summed E-state index contributed by atoms with van der Waals surface area (Å²) in [6.45, 7) is 6.06. The van der Waals surface area contributed by atoms with E-state index in [2.05, 4.69) is 97.6 Å². The molecule has 0 bridgehead atoms. The molecule has 7 rings (SSSR count). The topological polar surface area (TPSA) is 142 Å². The highest BCUT2D eigenvalue weighted by Gasteiger charge is 2.34. The van der Waals surface area contributed by atoms with Crippen molar-refractivity contribution < 1.29 is 35.7 Å². The molecule has 8 heteroatoms. The Kier molecular flexibility index (Phi) is 10.8. The number of thioether (sulfide) groups is 1. The zero-order valence-electron chi connectivity index (χ0n) is 29.2. The molecular weight excluding hydrogens is 685 g/mol. The Balaban J connectivity index is 0.000000626. The van der Waals surface area contributed by atoms with Crippen LogP contribution in [-0.4, -0.2) is 42.4 Å². The molecule has 268 valence electrons. The lowest BCUT2D eigenvalue weighted by Gasteiger charge is -2.34. The normalized spacial score (nSPS) is 16.7. The predicted octanol–water partition coefficient (Wildman–Crippen LogP) is 8.79. The van der Waals surface area contributed by atoms with Gasteiger partial charge in [-0.3, -0.25) is 0 Å². The second-order valence-electron chi connectivity index (χ2n) is 12.8. The Labute approximate surface area is 311 Å². The lowest BCUT2D eigenvalue weighted by atomic mass is 9.69. The van der Waals surface area contributed by atoms with Gasteiger partial charge < -0.3 is 35.7 Å². The van der Waals surface area contributed by atoms with Crippen LogP contribution in [0.25, 0.3) is 33.0 Å². The van der Waals surface area contributed by atoms with E-state index in [1.54, 1.807) is 18.4 Å². The maximum absolute atomic E-state index is 11.3. The van der Waals surface area contributed by atoms with Crippen molar-refractivity contribution in [3.63, 3.8) is 0 Å². The largest absolute Gasteiger partial charge is 0.509 e. The Morgan fingerprint density at radius 3 is 1.89 bits per heavy atom. The molecule has 2 atom stereocenters. The number of hydrogen-bond acceptors (Lipinski definition) is 8. The molecule has 53 heavy (non-hydrogen) atoms. The summed E-state index contributed by atoms with van der Waals surface area (Å²) in [6, 6.07) is 33.4. The van der Waals surface area contributed by atoms with E-state index in [1.165, 1.54) is 18.1 Å². The van der Waals surface area contributed by atoms with Crippen LogP contribution in [0.5, 0.6) is 17.2 Å². The van der Waals surface area contributed by atoms with Crippen molar-refractivity contribution in [1.82, 2.24) is 0 Å². The van der Waals surface area contributed by atoms with Gasteiger partial charge in [0.25, 0.3) is 0 Å². The first-order chi connectivity index (χ1) is 25.5. The second kappa shape index (κ2) is 15.7. The molecule has 0 aromatic heterocycles. The molecule has 0 amide bonds. The minimum absolute atomic E-state index is 0.0550. The van der Waals surface area contributed by atoms with Crippen molar-refractivity contribution in [2.45, 2.75) is 18.7 Å². The summed E-state index contributed by atoms with van der Waals surface area (Å²) in [5, 5.41) is 73.4. The Bertz CT molecular complexity index is 2470. The standard InChI is InChI=1S/C41H32O4S.C4H8O3/c1-24(25(2)42)23-46-36-22-35(39(43)41(45)40(36)44)38-33-16-8-6-14-31(33)37(32-15-7-9-17-34(32)38)30-18-10-13-28-21-27(19-20-29(28)30)26-11-4-3-5-12-26;1-3(6)4(7)2-5/h3-23,31,33,42-45H,2H2,1H3;5-7H,2H2,1H3/b24-23+;4-3-. The molecule has 0 saturated heterocycles. The van der Waals surface area contributed by atoms with E-state index in [4.69, 9.17) is 15.3 Å². The number of aliphatic hydroxyl groups is 4. The number of phenolic OH excluding ortho intramolecular Hbond substituents is 3. The minimum atomic E-state index is -0.580. The third kappa shape index (κ3) is 7.33. The Morgan fingerprint density at radius 1 is 0.679 bits per heavy atom. The molecule has 0 aliphatic heterocycles. The van der Waals surface area contributed by atoms with Gasteiger partial charge in [-0.2, -0.15) is 0 Å². The maximum Gasteiger partial charge on any atom is 0.202 e. The van der Waals surface area contributed by atoms with Crippen molar-refractivity contribution in [2.75, 3.05) is 6.61 Å². The third-order valence-corrected chi connectivity index (χ3v) is 10.5. The van der Waals surface area contributed by atoms with Crippen molar-refractivity contribution in [3.05, 3.63) is 178 Å². The van der Waals surface area contributed by atoms with Crippen LogP contribution < -0.4 is 10.4 Å². The van der Waals surface area contributed by atoms with Gasteiger partial charge in [-0.1, -0.05) is 128 Å². The number of rotatable bonds is 7. The highest BCUT2D eigenvalue weighted by molar-refractivity contribution is 8.02. The molecule has 0 spiro atoms. The molecular formula is C45H40O7S. The number of benzene rings is 5. The van der Waals surface area contributed by atoms with Crippen LogP contribution in [0.2, 0.25) is 0 Å². The van der Waals surface area contributed by atoms with E-state index in [1.807, 2.05) is 24.3 Å².